The molecule has 7 heteroatoms. The molecule has 31 heavy (non-hydrogen) atoms. The highest BCUT2D eigenvalue weighted by molar-refractivity contribution is 6.33. The third-order valence-corrected chi connectivity index (χ3v) is 8.75. The molecule has 2 bridgehead atoms. The van der Waals surface area contributed by atoms with Crippen molar-refractivity contribution in [2.45, 2.75) is 56.5 Å². The molecule has 164 valence electrons. The SMILES string of the molecule is CC1(N2CCN(c3cc(Nc4cnn(C56CC(C5)C6)c4)c(C=N)cc3Cl)CC2)CCC1. The number of piperazine rings is 1. The first-order chi connectivity index (χ1) is 15.0. The lowest BCUT2D eigenvalue weighted by Gasteiger charge is -2.61. The summed E-state index contributed by atoms with van der Waals surface area (Å²) in [6.07, 6.45) is 13.2. The zero-order valence-electron chi connectivity index (χ0n) is 18.2. The van der Waals surface area contributed by atoms with Crippen LogP contribution in [0.2, 0.25) is 5.02 Å². The van der Waals surface area contributed by atoms with Gasteiger partial charge in [0.1, 0.15) is 0 Å². The smallest absolute Gasteiger partial charge is 0.0770 e. The molecule has 5 fully saturated rings. The van der Waals surface area contributed by atoms with Crippen molar-refractivity contribution in [2.24, 2.45) is 5.92 Å². The maximum Gasteiger partial charge on any atom is 0.0770 e. The van der Waals surface area contributed by atoms with Gasteiger partial charge in [-0.3, -0.25) is 9.58 Å². The zero-order chi connectivity index (χ0) is 21.2. The fraction of sp³-hybridized carbons (Fsp3) is 0.583. The van der Waals surface area contributed by atoms with Gasteiger partial charge in [-0.15, -0.1) is 0 Å². The number of rotatable bonds is 6. The lowest BCUT2D eigenvalue weighted by Crippen LogP contribution is -2.59. The molecule has 0 atom stereocenters. The summed E-state index contributed by atoms with van der Waals surface area (Å²) in [6, 6.07) is 4.03. The second-order valence-electron chi connectivity index (χ2n) is 10.4. The van der Waals surface area contributed by atoms with Crippen molar-refractivity contribution in [3.8, 4) is 0 Å². The Morgan fingerprint density at radius 3 is 2.48 bits per heavy atom. The highest BCUT2D eigenvalue weighted by atomic mass is 35.5. The minimum atomic E-state index is 0.289. The normalized spacial score (nSPS) is 29.0. The predicted octanol–water partition coefficient (Wildman–Crippen LogP) is 4.85. The van der Waals surface area contributed by atoms with Gasteiger partial charge in [0.15, 0.2) is 0 Å². The van der Waals surface area contributed by atoms with Crippen LogP contribution in [0.4, 0.5) is 17.1 Å². The topological polar surface area (TPSA) is 60.2 Å². The summed E-state index contributed by atoms with van der Waals surface area (Å²) >= 11 is 6.67. The van der Waals surface area contributed by atoms with E-state index in [1.807, 2.05) is 12.3 Å². The van der Waals surface area contributed by atoms with E-state index in [1.165, 1.54) is 44.7 Å². The zero-order valence-corrected chi connectivity index (χ0v) is 19.0. The Morgan fingerprint density at radius 2 is 1.90 bits per heavy atom. The lowest BCUT2D eigenvalue weighted by molar-refractivity contribution is -0.0977. The summed E-state index contributed by atoms with van der Waals surface area (Å²) in [5, 5.41) is 16.7. The molecule has 1 aromatic heterocycles. The van der Waals surface area contributed by atoms with Crippen LogP contribution in [0.1, 0.15) is 51.0 Å². The number of nitrogens with one attached hydrogen (secondary N) is 2. The molecule has 1 aromatic carbocycles. The molecule has 0 radical (unpaired) electrons. The molecule has 7 rings (SSSR count). The Balaban J connectivity index is 1.20. The minimum Gasteiger partial charge on any atom is -0.368 e. The number of aromatic nitrogens is 2. The van der Waals surface area contributed by atoms with Gasteiger partial charge in [-0.2, -0.15) is 5.10 Å². The van der Waals surface area contributed by atoms with Crippen LogP contribution in [0.25, 0.3) is 0 Å². The van der Waals surface area contributed by atoms with E-state index in [0.29, 0.717) is 5.54 Å². The highest BCUT2D eigenvalue weighted by Crippen LogP contribution is 2.62. The average Bonchev–Trinajstić information content (AvgIpc) is 3.13. The van der Waals surface area contributed by atoms with Crippen LogP contribution in [0, 0.1) is 11.3 Å². The number of nitrogens with zero attached hydrogens (tertiary/aromatic N) is 4. The monoisotopic (exact) mass is 438 g/mol. The minimum absolute atomic E-state index is 0.289. The van der Waals surface area contributed by atoms with Gasteiger partial charge in [0.25, 0.3) is 0 Å². The number of halogens is 1. The van der Waals surface area contributed by atoms with Crippen molar-refractivity contribution in [3.63, 3.8) is 0 Å². The van der Waals surface area contributed by atoms with Gasteiger partial charge in [0.05, 0.1) is 28.1 Å². The second-order valence-corrected chi connectivity index (χ2v) is 10.8. The van der Waals surface area contributed by atoms with E-state index in [4.69, 9.17) is 17.0 Å². The van der Waals surface area contributed by atoms with E-state index in [-0.39, 0.29) is 5.54 Å². The summed E-state index contributed by atoms with van der Waals surface area (Å²) in [6.45, 7) is 6.54. The van der Waals surface area contributed by atoms with Crippen LogP contribution < -0.4 is 10.2 Å². The summed E-state index contributed by atoms with van der Waals surface area (Å²) in [4.78, 5) is 5.05. The van der Waals surface area contributed by atoms with Crippen LogP contribution in [0.3, 0.4) is 0 Å². The fourth-order valence-electron chi connectivity index (χ4n) is 6.05. The van der Waals surface area contributed by atoms with Gasteiger partial charge in [-0.1, -0.05) is 11.6 Å². The average molecular weight is 439 g/mol. The number of anilines is 3. The maximum atomic E-state index is 7.87. The molecule has 5 aliphatic rings. The molecule has 2 N–H and O–H groups in total. The van der Waals surface area contributed by atoms with E-state index in [0.717, 1.165) is 59.7 Å². The molecule has 4 saturated carbocycles. The van der Waals surface area contributed by atoms with E-state index >= 15 is 0 Å². The molecule has 0 spiro atoms. The van der Waals surface area contributed by atoms with Gasteiger partial charge in [-0.05, 0) is 63.5 Å². The van der Waals surface area contributed by atoms with E-state index < -0.39 is 0 Å². The maximum absolute atomic E-state index is 7.87. The molecular formula is C24H31ClN6. The predicted molar refractivity (Wildman–Crippen MR) is 126 cm³/mol. The van der Waals surface area contributed by atoms with Crippen LogP contribution in [-0.2, 0) is 5.54 Å². The molecular weight excluding hydrogens is 408 g/mol. The van der Waals surface area contributed by atoms with Crippen molar-refractivity contribution >= 4 is 34.9 Å². The molecule has 0 unspecified atom stereocenters. The molecule has 0 amide bonds. The third kappa shape index (κ3) is 3.10. The largest absolute Gasteiger partial charge is 0.368 e. The van der Waals surface area contributed by atoms with Crippen molar-refractivity contribution in [2.75, 3.05) is 36.4 Å². The molecule has 2 aromatic rings. The van der Waals surface area contributed by atoms with Gasteiger partial charge in [0.2, 0.25) is 0 Å². The first-order valence-electron chi connectivity index (χ1n) is 11.6. The Labute approximate surface area is 189 Å². The van der Waals surface area contributed by atoms with Gasteiger partial charge < -0.3 is 15.6 Å². The van der Waals surface area contributed by atoms with Crippen molar-refractivity contribution in [1.82, 2.24) is 14.7 Å². The summed E-state index contributed by atoms with van der Waals surface area (Å²) in [5.41, 5.74) is 4.45. The Kier molecular flexibility index (Phi) is 4.41. The van der Waals surface area contributed by atoms with E-state index in [1.54, 1.807) is 0 Å². The molecule has 4 aliphatic carbocycles. The number of benzene rings is 1. The molecule has 6 nitrogen and oxygen atoms in total. The van der Waals surface area contributed by atoms with Crippen LogP contribution in [0.5, 0.6) is 0 Å². The third-order valence-electron chi connectivity index (χ3n) is 8.44. The van der Waals surface area contributed by atoms with Crippen molar-refractivity contribution in [1.29, 1.82) is 5.41 Å². The Hall–Kier alpha value is -2.05. The van der Waals surface area contributed by atoms with Gasteiger partial charge in [-0.25, -0.2) is 0 Å². The molecule has 2 heterocycles. The Morgan fingerprint density at radius 1 is 1.16 bits per heavy atom. The standard InChI is InChI=1S/C24H31ClN6/c1-23(3-2-4-23)30-7-5-29(6-8-30)22-10-21(18(14-26)9-20(22)25)28-19-15-27-31(16-19)24-11-17(12-24)13-24/h9-10,14-17,26,28H,2-8,11-13H2,1H3. The van der Waals surface area contributed by atoms with Crippen LogP contribution in [-0.4, -0.2) is 52.6 Å². The van der Waals surface area contributed by atoms with Crippen molar-refractivity contribution < 1.29 is 0 Å². The molecule has 1 aliphatic heterocycles. The highest BCUT2D eigenvalue weighted by Gasteiger charge is 2.58. The lowest BCUT2D eigenvalue weighted by atomic mass is 9.50. The number of hydrogen-bond acceptors (Lipinski definition) is 5. The number of hydrogen-bond donors (Lipinski definition) is 2. The van der Waals surface area contributed by atoms with E-state index in [2.05, 4.69) is 44.1 Å². The first-order valence-corrected chi connectivity index (χ1v) is 12.0. The summed E-state index contributed by atoms with van der Waals surface area (Å²) < 4.78 is 2.15. The summed E-state index contributed by atoms with van der Waals surface area (Å²) in [5.74, 6) is 0.927. The van der Waals surface area contributed by atoms with Crippen LogP contribution >= 0.6 is 11.6 Å². The Bertz CT molecular complexity index is 1000. The quantitative estimate of drug-likeness (QED) is 0.633. The summed E-state index contributed by atoms with van der Waals surface area (Å²) in [7, 11) is 0. The van der Waals surface area contributed by atoms with Crippen LogP contribution in [0.15, 0.2) is 24.5 Å². The molecule has 1 saturated heterocycles. The first kappa shape index (κ1) is 19.6. The van der Waals surface area contributed by atoms with E-state index in [9.17, 15) is 0 Å². The second kappa shape index (κ2) is 6.97. The fourth-order valence-corrected chi connectivity index (χ4v) is 6.35. The van der Waals surface area contributed by atoms with Gasteiger partial charge in [0, 0.05) is 55.4 Å². The van der Waals surface area contributed by atoms with Crippen molar-refractivity contribution in [3.05, 3.63) is 35.1 Å². The van der Waals surface area contributed by atoms with Gasteiger partial charge >= 0.3 is 0 Å².